The molecule has 0 aromatic heterocycles. The maximum absolute atomic E-state index is 13.5. The van der Waals surface area contributed by atoms with Gasteiger partial charge in [0.2, 0.25) is 21.8 Å². The number of hydrogen-bond acceptors (Lipinski definition) is 6. The molecular formula is C32H39N3O6S. The smallest absolute Gasteiger partial charge is 0.242 e. The van der Waals surface area contributed by atoms with Crippen molar-refractivity contribution in [3.63, 3.8) is 0 Å². The highest BCUT2D eigenvalue weighted by molar-refractivity contribution is 7.89. The van der Waals surface area contributed by atoms with Gasteiger partial charge in [-0.1, -0.05) is 55.0 Å². The van der Waals surface area contributed by atoms with E-state index in [0.29, 0.717) is 17.0 Å². The van der Waals surface area contributed by atoms with Crippen LogP contribution in [0.1, 0.15) is 30.5 Å². The summed E-state index contributed by atoms with van der Waals surface area (Å²) in [4.78, 5) is 28.0. The summed E-state index contributed by atoms with van der Waals surface area (Å²) in [6, 6.07) is 20.8. The molecule has 4 rings (SSSR count). The summed E-state index contributed by atoms with van der Waals surface area (Å²) in [6.07, 6.45) is -0.401. The van der Waals surface area contributed by atoms with Crippen molar-refractivity contribution in [1.29, 1.82) is 0 Å². The van der Waals surface area contributed by atoms with Crippen molar-refractivity contribution < 1.29 is 27.9 Å². The van der Waals surface area contributed by atoms with Gasteiger partial charge >= 0.3 is 0 Å². The van der Waals surface area contributed by atoms with Crippen LogP contribution in [-0.4, -0.2) is 73.4 Å². The Bertz CT molecular complexity index is 1490. The van der Waals surface area contributed by atoms with E-state index in [4.69, 9.17) is 4.74 Å². The van der Waals surface area contributed by atoms with Gasteiger partial charge in [0.1, 0.15) is 11.9 Å². The molecule has 3 aromatic carbocycles. The molecule has 3 atom stereocenters. The fourth-order valence-corrected chi connectivity index (χ4v) is 6.14. The van der Waals surface area contributed by atoms with E-state index in [0.717, 1.165) is 11.1 Å². The van der Waals surface area contributed by atoms with E-state index in [1.165, 1.54) is 11.4 Å². The Hall–Kier alpha value is -3.73. The molecule has 1 aliphatic heterocycles. The Morgan fingerprint density at radius 3 is 2.48 bits per heavy atom. The molecule has 0 unspecified atom stereocenters. The van der Waals surface area contributed by atoms with E-state index in [1.54, 1.807) is 54.3 Å². The molecule has 9 nitrogen and oxygen atoms in total. The number of nitrogens with one attached hydrogen (secondary N) is 1. The Morgan fingerprint density at radius 2 is 1.81 bits per heavy atom. The molecule has 0 aliphatic carbocycles. The molecule has 0 spiro atoms. The number of fused-ring (bicyclic) bond motifs is 1. The maximum Gasteiger partial charge on any atom is 0.242 e. The van der Waals surface area contributed by atoms with Crippen molar-refractivity contribution in [3.05, 3.63) is 89.5 Å². The molecule has 0 saturated carbocycles. The van der Waals surface area contributed by atoms with Crippen molar-refractivity contribution in [2.45, 2.75) is 50.7 Å². The lowest BCUT2D eigenvalue weighted by molar-refractivity contribution is -0.134. The number of rotatable bonds is 9. The molecule has 0 radical (unpaired) electrons. The molecule has 0 fully saturated rings. The van der Waals surface area contributed by atoms with Crippen molar-refractivity contribution >= 4 is 27.5 Å². The van der Waals surface area contributed by atoms with Crippen LogP contribution in [0.3, 0.4) is 0 Å². The maximum atomic E-state index is 13.5. The fraction of sp³-hybridized carbons (Fsp3) is 0.375. The van der Waals surface area contributed by atoms with E-state index >= 15 is 0 Å². The summed E-state index contributed by atoms with van der Waals surface area (Å²) < 4.78 is 34.5. The molecule has 1 heterocycles. The van der Waals surface area contributed by atoms with Gasteiger partial charge in [0.25, 0.3) is 0 Å². The largest absolute Gasteiger partial charge is 0.488 e. The SMILES string of the molecule is Cc1ccc(S(=O)(=O)N(C)C[C@@H]2Oc3ccc(NC(=O)Cc4ccccc4)cc3CC(=O)N([C@@H](C)CO)C[C@@H]2C)cc1. The van der Waals surface area contributed by atoms with Crippen LogP contribution < -0.4 is 10.1 Å². The van der Waals surface area contributed by atoms with Crippen molar-refractivity contribution in [1.82, 2.24) is 9.21 Å². The van der Waals surface area contributed by atoms with E-state index in [2.05, 4.69) is 5.32 Å². The quantitative estimate of drug-likeness (QED) is 0.391. The third-order valence-corrected chi connectivity index (χ3v) is 9.41. The number of anilines is 1. The van der Waals surface area contributed by atoms with Gasteiger partial charge in [-0.25, -0.2) is 8.42 Å². The zero-order valence-corrected chi connectivity index (χ0v) is 25.3. The van der Waals surface area contributed by atoms with Gasteiger partial charge in [0.15, 0.2) is 0 Å². The predicted molar refractivity (Wildman–Crippen MR) is 162 cm³/mol. The Balaban J connectivity index is 1.62. The molecule has 42 heavy (non-hydrogen) atoms. The van der Waals surface area contributed by atoms with Gasteiger partial charge in [0, 0.05) is 30.8 Å². The molecular weight excluding hydrogens is 554 g/mol. The molecule has 2 N–H and O–H groups in total. The van der Waals surface area contributed by atoms with Gasteiger partial charge in [0.05, 0.1) is 36.9 Å². The van der Waals surface area contributed by atoms with Gasteiger partial charge < -0.3 is 20.1 Å². The lowest BCUT2D eigenvalue weighted by atomic mass is 10.0. The van der Waals surface area contributed by atoms with Crippen LogP contribution in [0.25, 0.3) is 0 Å². The van der Waals surface area contributed by atoms with Crippen LogP contribution in [0.5, 0.6) is 5.75 Å². The fourth-order valence-electron chi connectivity index (χ4n) is 4.95. The van der Waals surface area contributed by atoms with Crippen LogP contribution >= 0.6 is 0 Å². The number of ether oxygens (including phenoxy) is 1. The minimum absolute atomic E-state index is 0.000979. The number of aryl methyl sites for hydroxylation is 1. The molecule has 224 valence electrons. The van der Waals surface area contributed by atoms with Crippen LogP contribution in [0.15, 0.2) is 77.7 Å². The number of carbonyl (C=O) groups excluding carboxylic acids is 2. The second-order valence-corrected chi connectivity index (χ2v) is 13.1. The lowest BCUT2D eigenvalue weighted by Crippen LogP contribution is -2.48. The first-order valence-electron chi connectivity index (χ1n) is 14.0. The molecule has 3 aromatic rings. The van der Waals surface area contributed by atoms with Gasteiger partial charge in [-0.15, -0.1) is 0 Å². The zero-order valence-electron chi connectivity index (χ0n) is 24.5. The average molecular weight is 594 g/mol. The highest BCUT2D eigenvalue weighted by Crippen LogP contribution is 2.30. The van der Waals surface area contributed by atoms with Gasteiger partial charge in [-0.3, -0.25) is 9.59 Å². The third-order valence-electron chi connectivity index (χ3n) is 7.57. The van der Waals surface area contributed by atoms with Crippen molar-refractivity contribution in [3.8, 4) is 5.75 Å². The number of amides is 2. The molecule has 0 bridgehead atoms. The number of hydrogen-bond donors (Lipinski definition) is 2. The molecule has 2 amide bonds. The van der Waals surface area contributed by atoms with Crippen LogP contribution in [0.4, 0.5) is 5.69 Å². The monoisotopic (exact) mass is 593 g/mol. The van der Waals surface area contributed by atoms with Gasteiger partial charge in [-0.05, 0) is 49.7 Å². The number of benzene rings is 3. The summed E-state index contributed by atoms with van der Waals surface area (Å²) in [5.41, 5.74) is 2.93. The lowest BCUT2D eigenvalue weighted by Gasteiger charge is -2.33. The van der Waals surface area contributed by atoms with Crippen LogP contribution in [0.2, 0.25) is 0 Å². The number of carbonyl (C=O) groups is 2. The zero-order chi connectivity index (χ0) is 30.4. The van der Waals surface area contributed by atoms with E-state index in [-0.39, 0.29) is 55.2 Å². The summed E-state index contributed by atoms with van der Waals surface area (Å²) in [6.45, 7) is 5.68. The van der Waals surface area contributed by atoms with E-state index in [9.17, 15) is 23.1 Å². The Morgan fingerprint density at radius 1 is 1.12 bits per heavy atom. The number of nitrogens with zero attached hydrogens (tertiary/aromatic N) is 2. The topological polar surface area (TPSA) is 116 Å². The second kappa shape index (κ2) is 13.5. The first-order valence-corrected chi connectivity index (χ1v) is 15.5. The minimum Gasteiger partial charge on any atom is -0.488 e. The number of likely N-dealkylation sites (N-methyl/N-ethyl adjacent to an activating group) is 1. The second-order valence-electron chi connectivity index (χ2n) is 11.0. The van der Waals surface area contributed by atoms with Crippen LogP contribution in [-0.2, 0) is 32.5 Å². The highest BCUT2D eigenvalue weighted by Gasteiger charge is 2.33. The first-order chi connectivity index (χ1) is 20.0. The third kappa shape index (κ3) is 7.56. The number of aliphatic hydroxyl groups is 1. The van der Waals surface area contributed by atoms with Crippen LogP contribution in [0, 0.1) is 12.8 Å². The normalized spacial score (nSPS) is 18.3. The van der Waals surface area contributed by atoms with Crippen molar-refractivity contribution in [2.75, 3.05) is 32.1 Å². The molecule has 10 heteroatoms. The Labute approximate surface area is 248 Å². The standard InChI is InChI=1S/C32H39N3O6S/c1-22-10-13-28(14-11-22)42(39,40)34(4)20-30-23(2)19-35(24(3)21-36)32(38)18-26-17-27(12-15-29(26)41-30)33-31(37)16-25-8-6-5-7-9-25/h5-15,17,23-24,30,36H,16,18-21H2,1-4H3,(H,33,37)/t23-,24-,30-/m0/s1. The summed E-state index contributed by atoms with van der Waals surface area (Å²) in [7, 11) is -2.27. The van der Waals surface area contributed by atoms with Gasteiger partial charge in [-0.2, -0.15) is 4.31 Å². The first kappa shape index (κ1) is 31.2. The average Bonchev–Trinajstić information content (AvgIpc) is 3.00. The summed E-state index contributed by atoms with van der Waals surface area (Å²) in [5, 5.41) is 12.8. The van der Waals surface area contributed by atoms with Crippen molar-refractivity contribution in [2.24, 2.45) is 5.92 Å². The highest BCUT2D eigenvalue weighted by atomic mass is 32.2. The molecule has 1 aliphatic rings. The van der Waals surface area contributed by atoms with E-state index < -0.39 is 22.2 Å². The minimum atomic E-state index is -3.79. The summed E-state index contributed by atoms with van der Waals surface area (Å²) >= 11 is 0. The van der Waals surface area contributed by atoms with E-state index in [1.807, 2.05) is 44.2 Å². The number of aliphatic hydroxyl groups excluding tert-OH is 1. The predicted octanol–water partition coefficient (Wildman–Crippen LogP) is 3.65. The summed E-state index contributed by atoms with van der Waals surface area (Å²) in [5.74, 6) is -0.209. The Kier molecular flexibility index (Phi) is 10.0. The number of sulfonamides is 1. The molecule has 0 saturated heterocycles.